The number of imidazole rings is 1. The van der Waals surface area contributed by atoms with E-state index in [2.05, 4.69) is 40.0 Å². The van der Waals surface area contributed by atoms with Crippen LogP contribution < -0.4 is 11.1 Å². The van der Waals surface area contributed by atoms with Crippen molar-refractivity contribution in [1.29, 1.82) is 0 Å². The quantitative estimate of drug-likeness (QED) is 0.851. The van der Waals surface area contributed by atoms with E-state index >= 15 is 0 Å². The van der Waals surface area contributed by atoms with Crippen LogP contribution in [0.15, 0.2) is 18.2 Å². The van der Waals surface area contributed by atoms with Crippen LogP contribution in [-0.4, -0.2) is 22.6 Å². The molecule has 4 nitrogen and oxygen atoms in total. The molecule has 0 radical (unpaired) electrons. The van der Waals surface area contributed by atoms with Gasteiger partial charge in [0.1, 0.15) is 5.82 Å². The summed E-state index contributed by atoms with van der Waals surface area (Å²) in [5, 5.41) is 3.45. The monoisotopic (exact) mass is 246 g/mol. The SMILES string of the molecule is Cc1nc2cc(NCC(C)CCN)ccc2n1C. The molecule has 1 aromatic heterocycles. The smallest absolute Gasteiger partial charge is 0.106 e. The minimum absolute atomic E-state index is 0.594. The molecule has 98 valence electrons. The number of rotatable bonds is 5. The molecule has 2 aromatic rings. The largest absolute Gasteiger partial charge is 0.385 e. The molecule has 1 aromatic carbocycles. The predicted molar refractivity (Wildman–Crippen MR) is 76.8 cm³/mol. The summed E-state index contributed by atoms with van der Waals surface area (Å²) in [5.41, 5.74) is 8.90. The Morgan fingerprint density at radius 1 is 1.44 bits per heavy atom. The molecule has 1 unspecified atom stereocenters. The van der Waals surface area contributed by atoms with E-state index in [1.807, 2.05) is 14.0 Å². The molecule has 18 heavy (non-hydrogen) atoms. The Kier molecular flexibility index (Phi) is 3.87. The van der Waals surface area contributed by atoms with E-state index in [-0.39, 0.29) is 0 Å². The minimum Gasteiger partial charge on any atom is -0.385 e. The molecule has 0 fully saturated rings. The Balaban J connectivity index is 2.10. The van der Waals surface area contributed by atoms with Crippen molar-refractivity contribution < 1.29 is 0 Å². The van der Waals surface area contributed by atoms with E-state index in [0.29, 0.717) is 5.92 Å². The lowest BCUT2D eigenvalue weighted by molar-refractivity contribution is 0.568. The maximum absolute atomic E-state index is 5.55. The van der Waals surface area contributed by atoms with Crippen molar-refractivity contribution in [3.05, 3.63) is 24.0 Å². The third kappa shape index (κ3) is 2.64. The number of nitrogens with one attached hydrogen (secondary N) is 1. The van der Waals surface area contributed by atoms with Crippen LogP contribution in [0, 0.1) is 12.8 Å². The van der Waals surface area contributed by atoms with Crippen molar-refractivity contribution in [2.24, 2.45) is 18.7 Å². The van der Waals surface area contributed by atoms with E-state index < -0.39 is 0 Å². The van der Waals surface area contributed by atoms with Crippen LogP contribution in [0.3, 0.4) is 0 Å². The summed E-state index contributed by atoms with van der Waals surface area (Å²) >= 11 is 0. The fourth-order valence-electron chi connectivity index (χ4n) is 2.11. The molecule has 0 amide bonds. The van der Waals surface area contributed by atoms with Crippen molar-refractivity contribution in [3.8, 4) is 0 Å². The van der Waals surface area contributed by atoms with Gasteiger partial charge in [0.2, 0.25) is 0 Å². The van der Waals surface area contributed by atoms with Crippen LogP contribution in [0.5, 0.6) is 0 Å². The molecule has 0 spiro atoms. The van der Waals surface area contributed by atoms with Gasteiger partial charge in [-0.1, -0.05) is 6.92 Å². The zero-order valence-corrected chi connectivity index (χ0v) is 11.4. The molecule has 3 N–H and O–H groups in total. The first-order valence-electron chi connectivity index (χ1n) is 6.49. The summed E-state index contributed by atoms with van der Waals surface area (Å²) < 4.78 is 2.11. The van der Waals surface area contributed by atoms with E-state index in [9.17, 15) is 0 Å². The first-order valence-corrected chi connectivity index (χ1v) is 6.49. The Hall–Kier alpha value is -1.55. The number of fused-ring (bicyclic) bond motifs is 1. The van der Waals surface area contributed by atoms with Gasteiger partial charge in [0.05, 0.1) is 11.0 Å². The molecular weight excluding hydrogens is 224 g/mol. The summed E-state index contributed by atoms with van der Waals surface area (Å²) in [6.45, 7) is 5.94. The minimum atomic E-state index is 0.594. The van der Waals surface area contributed by atoms with Crippen molar-refractivity contribution in [2.45, 2.75) is 20.3 Å². The van der Waals surface area contributed by atoms with E-state index in [1.165, 1.54) is 5.52 Å². The van der Waals surface area contributed by atoms with Gasteiger partial charge >= 0.3 is 0 Å². The Morgan fingerprint density at radius 3 is 2.94 bits per heavy atom. The number of nitrogens with zero attached hydrogens (tertiary/aromatic N) is 2. The summed E-state index contributed by atoms with van der Waals surface area (Å²) in [6, 6.07) is 6.33. The summed E-state index contributed by atoms with van der Waals surface area (Å²) in [7, 11) is 2.04. The second kappa shape index (κ2) is 5.40. The maximum atomic E-state index is 5.55. The fourth-order valence-corrected chi connectivity index (χ4v) is 2.11. The number of anilines is 1. The van der Waals surface area contributed by atoms with E-state index in [1.54, 1.807) is 0 Å². The van der Waals surface area contributed by atoms with Gasteiger partial charge in [0, 0.05) is 19.3 Å². The van der Waals surface area contributed by atoms with Gasteiger partial charge < -0.3 is 15.6 Å². The van der Waals surface area contributed by atoms with E-state index in [4.69, 9.17) is 5.73 Å². The van der Waals surface area contributed by atoms with Gasteiger partial charge in [-0.3, -0.25) is 0 Å². The molecule has 1 atom stereocenters. The highest BCUT2D eigenvalue weighted by Crippen LogP contribution is 2.19. The Morgan fingerprint density at radius 2 is 2.22 bits per heavy atom. The van der Waals surface area contributed by atoms with E-state index in [0.717, 1.165) is 36.5 Å². The third-order valence-corrected chi connectivity index (χ3v) is 3.42. The highest BCUT2D eigenvalue weighted by atomic mass is 15.0. The summed E-state index contributed by atoms with van der Waals surface area (Å²) in [4.78, 5) is 4.54. The van der Waals surface area contributed by atoms with Crippen LogP contribution in [0.4, 0.5) is 5.69 Å². The molecule has 0 saturated carbocycles. The van der Waals surface area contributed by atoms with Gasteiger partial charge in [0.15, 0.2) is 0 Å². The van der Waals surface area contributed by atoms with Crippen LogP contribution in [0.1, 0.15) is 19.2 Å². The standard InChI is InChI=1S/C14H22N4/c1-10(6-7-15)9-16-12-4-5-14-13(8-12)17-11(2)18(14)3/h4-5,8,10,16H,6-7,9,15H2,1-3H3. The molecule has 0 bridgehead atoms. The summed E-state index contributed by atoms with van der Waals surface area (Å²) in [5.74, 6) is 1.63. The first kappa shape index (κ1) is 12.9. The fraction of sp³-hybridized carbons (Fsp3) is 0.500. The van der Waals surface area contributed by atoms with Crippen LogP contribution in [0.2, 0.25) is 0 Å². The topological polar surface area (TPSA) is 55.9 Å². The lowest BCUT2D eigenvalue weighted by Gasteiger charge is -2.12. The number of hydrogen-bond donors (Lipinski definition) is 2. The maximum Gasteiger partial charge on any atom is 0.106 e. The molecule has 4 heteroatoms. The third-order valence-electron chi connectivity index (χ3n) is 3.42. The molecule has 2 rings (SSSR count). The molecule has 0 aliphatic carbocycles. The molecule has 1 heterocycles. The average molecular weight is 246 g/mol. The number of nitrogens with two attached hydrogens (primary N) is 1. The average Bonchev–Trinajstić information content (AvgIpc) is 2.63. The van der Waals surface area contributed by atoms with Crippen molar-refractivity contribution in [1.82, 2.24) is 9.55 Å². The number of aryl methyl sites for hydroxylation is 2. The van der Waals surface area contributed by atoms with Crippen LogP contribution >= 0.6 is 0 Å². The van der Waals surface area contributed by atoms with Crippen molar-refractivity contribution in [2.75, 3.05) is 18.4 Å². The van der Waals surface area contributed by atoms with Crippen LogP contribution in [0.25, 0.3) is 11.0 Å². The summed E-state index contributed by atoms with van der Waals surface area (Å²) in [6.07, 6.45) is 1.05. The zero-order chi connectivity index (χ0) is 13.1. The zero-order valence-electron chi connectivity index (χ0n) is 11.4. The number of aromatic nitrogens is 2. The number of benzene rings is 1. The highest BCUT2D eigenvalue weighted by Gasteiger charge is 2.05. The lowest BCUT2D eigenvalue weighted by atomic mass is 10.1. The molecule has 0 saturated heterocycles. The normalized spacial score (nSPS) is 12.9. The predicted octanol–water partition coefficient (Wildman–Crippen LogP) is 2.28. The highest BCUT2D eigenvalue weighted by molar-refractivity contribution is 5.80. The second-order valence-corrected chi connectivity index (χ2v) is 4.98. The van der Waals surface area contributed by atoms with Gasteiger partial charge in [-0.05, 0) is 44.0 Å². The molecule has 0 aliphatic rings. The Labute approximate surface area is 108 Å². The van der Waals surface area contributed by atoms with Gasteiger partial charge in [-0.25, -0.2) is 4.98 Å². The lowest BCUT2D eigenvalue weighted by Crippen LogP contribution is -2.15. The number of hydrogen-bond acceptors (Lipinski definition) is 3. The van der Waals surface area contributed by atoms with Gasteiger partial charge in [0.25, 0.3) is 0 Å². The Bertz CT molecular complexity index is 530. The van der Waals surface area contributed by atoms with Gasteiger partial charge in [-0.2, -0.15) is 0 Å². The molecular formula is C14H22N4. The second-order valence-electron chi connectivity index (χ2n) is 4.98. The van der Waals surface area contributed by atoms with Crippen molar-refractivity contribution >= 4 is 16.7 Å². The molecule has 0 aliphatic heterocycles. The first-order chi connectivity index (χ1) is 8.61. The van der Waals surface area contributed by atoms with Crippen LogP contribution in [-0.2, 0) is 7.05 Å². The van der Waals surface area contributed by atoms with Gasteiger partial charge in [-0.15, -0.1) is 0 Å². The van der Waals surface area contributed by atoms with Crippen molar-refractivity contribution in [3.63, 3.8) is 0 Å².